The van der Waals surface area contributed by atoms with E-state index >= 15 is 0 Å². The van der Waals surface area contributed by atoms with Gasteiger partial charge in [-0.1, -0.05) is 23.7 Å². The summed E-state index contributed by atoms with van der Waals surface area (Å²) < 4.78 is 69.2. The molecule has 2 aromatic rings. The number of carbonyl (C=O) groups is 1. The Morgan fingerprint density at radius 2 is 1.66 bits per heavy atom. The molecule has 2 aromatic carbocycles. The van der Waals surface area contributed by atoms with Crippen molar-refractivity contribution in [1.82, 2.24) is 4.90 Å². The number of carbonyl (C=O) groups excluding carboxylic acids is 1. The predicted molar refractivity (Wildman–Crippen MR) is 104 cm³/mol. The molecule has 0 saturated heterocycles. The molecule has 0 bridgehead atoms. The number of rotatable bonds is 3. The van der Waals surface area contributed by atoms with E-state index < -0.39 is 33.6 Å². The van der Waals surface area contributed by atoms with Crippen molar-refractivity contribution in [3.05, 3.63) is 70.9 Å². The molecule has 0 saturated carbocycles. The second kappa shape index (κ2) is 7.38. The van der Waals surface area contributed by atoms with Crippen LogP contribution in [0.5, 0.6) is 0 Å². The maximum absolute atomic E-state index is 14.1. The van der Waals surface area contributed by atoms with E-state index in [4.69, 9.17) is 11.6 Å². The van der Waals surface area contributed by atoms with E-state index in [0.29, 0.717) is 0 Å². The summed E-state index contributed by atoms with van der Waals surface area (Å²) in [6.07, 6.45) is -4.04. The van der Waals surface area contributed by atoms with Crippen LogP contribution in [0.3, 0.4) is 0 Å². The third-order valence-electron chi connectivity index (χ3n) is 4.26. The Morgan fingerprint density at radius 1 is 1.07 bits per heavy atom. The second-order valence-electron chi connectivity index (χ2n) is 6.59. The van der Waals surface area contributed by atoms with Crippen LogP contribution in [0.25, 0.3) is 0 Å². The van der Waals surface area contributed by atoms with Gasteiger partial charge in [0.2, 0.25) is 0 Å². The molecule has 1 heterocycles. The zero-order valence-corrected chi connectivity index (χ0v) is 16.9. The highest BCUT2D eigenvalue weighted by Gasteiger charge is 2.55. The third-order valence-corrected chi connectivity index (χ3v) is 6.30. The van der Waals surface area contributed by atoms with Crippen LogP contribution in [0.2, 0.25) is 5.02 Å². The van der Waals surface area contributed by atoms with Gasteiger partial charge in [0.15, 0.2) is 11.8 Å². The first kappa shape index (κ1) is 21.2. The Balaban J connectivity index is 2.35. The molecule has 1 unspecified atom stereocenters. The lowest BCUT2D eigenvalue weighted by atomic mass is 9.91. The third kappa shape index (κ3) is 3.84. The number of halogens is 4. The maximum atomic E-state index is 14.1. The molecule has 0 aromatic heterocycles. The molecule has 3 rings (SSSR count). The number of hydrogen-bond donors (Lipinski definition) is 0. The Bertz CT molecular complexity index is 1080. The van der Waals surface area contributed by atoms with Crippen LogP contribution >= 0.6 is 11.6 Å². The lowest BCUT2D eigenvalue weighted by Crippen LogP contribution is -2.54. The summed E-state index contributed by atoms with van der Waals surface area (Å²) in [6, 6.07) is 7.45. The van der Waals surface area contributed by atoms with Crippen LogP contribution in [0.1, 0.15) is 10.4 Å². The molecule has 0 spiro atoms. The average molecular weight is 445 g/mol. The molecular formula is C19H16ClF3N2O3S. The van der Waals surface area contributed by atoms with Crippen LogP contribution in [0, 0.1) is 0 Å². The first-order valence-corrected chi connectivity index (χ1v) is 10.1. The summed E-state index contributed by atoms with van der Waals surface area (Å²) in [5, 5.41) is 0.235. The molecule has 154 valence electrons. The number of para-hydroxylation sites is 1. The van der Waals surface area contributed by atoms with Crippen molar-refractivity contribution < 1.29 is 26.4 Å². The molecule has 0 aliphatic carbocycles. The van der Waals surface area contributed by atoms with Gasteiger partial charge in [0, 0.05) is 36.5 Å². The molecular weight excluding hydrogens is 429 g/mol. The summed E-state index contributed by atoms with van der Waals surface area (Å²) in [6.45, 7) is 0. The number of sulfonamides is 1. The highest BCUT2D eigenvalue weighted by Crippen LogP contribution is 2.43. The van der Waals surface area contributed by atoms with Crippen LogP contribution in [0.4, 0.5) is 18.9 Å². The van der Waals surface area contributed by atoms with Gasteiger partial charge in [-0.05, 0) is 36.4 Å². The van der Waals surface area contributed by atoms with Gasteiger partial charge in [-0.2, -0.15) is 13.2 Å². The lowest BCUT2D eigenvalue weighted by molar-refractivity contribution is -0.137. The first-order valence-electron chi connectivity index (χ1n) is 8.33. The fourth-order valence-electron chi connectivity index (χ4n) is 3.11. The number of alkyl halides is 3. The molecule has 1 aliphatic rings. The molecule has 0 N–H and O–H groups in total. The standard InChI is InChI=1S/C19H16ClF3N2O3S/c1-24(2)11-15-17(26)14-5-3-4-6-16(14)25(18(15)19(21,22)23)29(27,28)13-9-7-12(20)8-10-13/h3-11,18H,1-2H3. The Kier molecular flexibility index (Phi) is 5.40. The van der Waals surface area contributed by atoms with E-state index in [2.05, 4.69) is 0 Å². The van der Waals surface area contributed by atoms with Crippen molar-refractivity contribution in [2.45, 2.75) is 17.1 Å². The lowest BCUT2D eigenvalue weighted by Gasteiger charge is -2.39. The topological polar surface area (TPSA) is 57.7 Å². The van der Waals surface area contributed by atoms with Crippen LogP contribution in [0.15, 0.2) is 65.2 Å². The van der Waals surface area contributed by atoms with E-state index in [1.807, 2.05) is 0 Å². The highest BCUT2D eigenvalue weighted by molar-refractivity contribution is 7.93. The van der Waals surface area contributed by atoms with Gasteiger partial charge in [-0.15, -0.1) is 0 Å². The van der Waals surface area contributed by atoms with Crippen molar-refractivity contribution in [3.8, 4) is 0 Å². The number of ketones is 1. The van der Waals surface area contributed by atoms with Gasteiger partial charge in [-0.25, -0.2) is 12.7 Å². The number of hydrogen-bond acceptors (Lipinski definition) is 4. The van der Waals surface area contributed by atoms with Crippen molar-refractivity contribution in [1.29, 1.82) is 0 Å². The SMILES string of the molecule is CN(C)C=C1C(=O)c2ccccc2N(S(=O)(=O)c2ccc(Cl)cc2)C1C(F)(F)F. The molecule has 0 fully saturated rings. The summed E-state index contributed by atoms with van der Waals surface area (Å²) in [7, 11) is -1.77. The zero-order chi connectivity index (χ0) is 21.6. The summed E-state index contributed by atoms with van der Waals surface area (Å²) in [5.41, 5.74) is -1.14. The largest absolute Gasteiger partial charge is 0.414 e. The molecule has 0 amide bonds. The average Bonchev–Trinajstić information content (AvgIpc) is 2.62. The fourth-order valence-corrected chi connectivity index (χ4v) is 4.87. The predicted octanol–water partition coefficient (Wildman–Crippen LogP) is 4.11. The summed E-state index contributed by atoms with van der Waals surface area (Å²) >= 11 is 5.78. The quantitative estimate of drug-likeness (QED) is 0.669. The minimum Gasteiger partial charge on any atom is -0.383 e. The fraction of sp³-hybridized carbons (Fsp3) is 0.211. The zero-order valence-electron chi connectivity index (χ0n) is 15.3. The van der Waals surface area contributed by atoms with E-state index in [1.165, 1.54) is 55.4 Å². The first-order chi connectivity index (χ1) is 13.4. The highest BCUT2D eigenvalue weighted by atomic mass is 35.5. The van der Waals surface area contributed by atoms with Crippen molar-refractivity contribution in [2.24, 2.45) is 0 Å². The molecule has 5 nitrogen and oxygen atoms in total. The molecule has 1 aliphatic heterocycles. The number of fused-ring (bicyclic) bond motifs is 1. The summed E-state index contributed by atoms with van der Waals surface area (Å²) in [4.78, 5) is 13.7. The van der Waals surface area contributed by atoms with Gasteiger partial charge >= 0.3 is 6.18 Å². The van der Waals surface area contributed by atoms with Gasteiger partial charge in [0.05, 0.1) is 10.6 Å². The molecule has 29 heavy (non-hydrogen) atoms. The number of benzene rings is 2. The number of Topliss-reactive ketones (excluding diaryl/α,β-unsaturated/α-hetero) is 1. The van der Waals surface area contributed by atoms with Crippen molar-refractivity contribution in [2.75, 3.05) is 18.4 Å². The monoisotopic (exact) mass is 444 g/mol. The minimum absolute atomic E-state index is 0.126. The van der Waals surface area contributed by atoms with Crippen LogP contribution in [-0.4, -0.2) is 45.4 Å². The number of nitrogens with zero attached hydrogens (tertiary/aromatic N) is 2. The van der Waals surface area contributed by atoms with Gasteiger partial charge < -0.3 is 4.90 Å². The molecule has 0 radical (unpaired) electrons. The summed E-state index contributed by atoms with van der Waals surface area (Å²) in [5.74, 6) is -0.876. The maximum Gasteiger partial charge on any atom is 0.414 e. The van der Waals surface area contributed by atoms with E-state index in [9.17, 15) is 26.4 Å². The smallest absolute Gasteiger partial charge is 0.383 e. The van der Waals surface area contributed by atoms with Gasteiger partial charge in [0.25, 0.3) is 10.0 Å². The normalized spacial score (nSPS) is 18.7. The van der Waals surface area contributed by atoms with Crippen molar-refractivity contribution in [3.63, 3.8) is 0 Å². The molecule has 1 atom stereocenters. The van der Waals surface area contributed by atoms with Crippen molar-refractivity contribution >= 4 is 33.1 Å². The Hall–Kier alpha value is -2.52. The second-order valence-corrected chi connectivity index (χ2v) is 8.84. The van der Waals surface area contributed by atoms with Gasteiger partial charge in [-0.3, -0.25) is 4.79 Å². The van der Waals surface area contributed by atoms with E-state index in [-0.39, 0.29) is 25.5 Å². The van der Waals surface area contributed by atoms with E-state index in [0.717, 1.165) is 18.3 Å². The Morgan fingerprint density at radius 3 is 2.21 bits per heavy atom. The van der Waals surface area contributed by atoms with E-state index in [1.54, 1.807) is 0 Å². The minimum atomic E-state index is -5.04. The Labute approximate surface area is 171 Å². The van der Waals surface area contributed by atoms with Crippen LogP contribution < -0.4 is 4.31 Å². The molecule has 10 heteroatoms. The number of anilines is 1. The van der Waals surface area contributed by atoms with Gasteiger partial charge in [0.1, 0.15) is 0 Å². The van der Waals surface area contributed by atoms with Crippen LogP contribution in [-0.2, 0) is 10.0 Å².